The Morgan fingerprint density at radius 3 is 2.35 bits per heavy atom. The van der Waals surface area contributed by atoms with Crippen LogP contribution in [0.2, 0.25) is 0 Å². The second kappa shape index (κ2) is 5.62. The maximum Gasteiger partial charge on any atom is 0.220 e. The molecule has 0 unspecified atom stereocenters. The van der Waals surface area contributed by atoms with Gasteiger partial charge in [-0.25, -0.2) is 0 Å². The van der Waals surface area contributed by atoms with Crippen molar-refractivity contribution in [3.63, 3.8) is 0 Å². The van der Waals surface area contributed by atoms with Crippen LogP contribution in [-0.4, -0.2) is 10.9 Å². The van der Waals surface area contributed by atoms with Gasteiger partial charge in [0.05, 0.1) is 5.56 Å². The minimum atomic E-state index is -0.507. The van der Waals surface area contributed by atoms with E-state index in [0.717, 1.165) is 18.4 Å². The van der Waals surface area contributed by atoms with E-state index in [1.807, 2.05) is 0 Å². The number of carbonyl (C=O) groups is 1. The van der Waals surface area contributed by atoms with Crippen LogP contribution in [0, 0.1) is 0 Å². The quantitative estimate of drug-likeness (QED) is 0.815. The molecule has 17 heavy (non-hydrogen) atoms. The zero-order chi connectivity index (χ0) is 13.0. The molecule has 1 aromatic rings. The largest absolute Gasteiger partial charge is 0.504 e. The van der Waals surface area contributed by atoms with Crippen LogP contribution in [0.1, 0.15) is 55.5 Å². The van der Waals surface area contributed by atoms with Crippen molar-refractivity contribution >= 4 is 5.78 Å². The molecule has 0 radical (unpaired) electrons. The first kappa shape index (κ1) is 13.4. The average Bonchev–Trinajstić information content (AvgIpc) is 2.44. The molecular weight excluding hydrogens is 216 g/mol. The zero-order valence-electron chi connectivity index (χ0n) is 10.5. The molecule has 0 fully saturated rings. The number of carbonyl (C=O) groups excluding carboxylic acids is 1. The number of aromatic hydroxyl groups is 1. The van der Waals surface area contributed by atoms with E-state index in [9.17, 15) is 14.7 Å². The van der Waals surface area contributed by atoms with E-state index in [2.05, 4.69) is 13.8 Å². The molecule has 0 saturated heterocycles. The summed E-state index contributed by atoms with van der Waals surface area (Å²) in [7, 11) is 0. The monoisotopic (exact) mass is 234 g/mol. The van der Waals surface area contributed by atoms with Gasteiger partial charge >= 0.3 is 0 Å². The highest BCUT2D eigenvalue weighted by molar-refractivity contribution is 5.96. The van der Waals surface area contributed by atoms with E-state index in [4.69, 9.17) is 0 Å². The molecular formula is C14H18O3. The number of ketones is 1. The normalized spacial score (nSPS) is 10.6. The molecule has 0 saturated carbocycles. The first-order valence-electron chi connectivity index (χ1n) is 5.89. The molecule has 0 heterocycles. The minimum absolute atomic E-state index is 0.113. The number of rotatable bonds is 4. The lowest BCUT2D eigenvalue weighted by Gasteiger charge is -2.11. The highest BCUT2D eigenvalue weighted by Crippen LogP contribution is 2.24. The first-order valence-corrected chi connectivity index (χ1v) is 5.89. The molecule has 0 aromatic heterocycles. The fourth-order valence-corrected chi connectivity index (χ4v) is 1.95. The molecule has 0 aliphatic rings. The molecule has 0 aliphatic carbocycles. The van der Waals surface area contributed by atoms with Gasteiger partial charge < -0.3 is 5.11 Å². The topological polar surface area (TPSA) is 54.4 Å². The van der Waals surface area contributed by atoms with Crippen molar-refractivity contribution < 1.29 is 9.90 Å². The van der Waals surface area contributed by atoms with Gasteiger partial charge in [0.25, 0.3) is 0 Å². The predicted octanol–water partition coefficient (Wildman–Crippen LogP) is 2.86. The number of hydrogen-bond acceptors (Lipinski definition) is 3. The van der Waals surface area contributed by atoms with Crippen molar-refractivity contribution in [3.8, 4) is 5.75 Å². The van der Waals surface area contributed by atoms with Crippen LogP contribution in [0.3, 0.4) is 0 Å². The molecule has 0 atom stereocenters. The van der Waals surface area contributed by atoms with Gasteiger partial charge in [0, 0.05) is 0 Å². The van der Waals surface area contributed by atoms with E-state index < -0.39 is 11.2 Å². The lowest BCUT2D eigenvalue weighted by Crippen LogP contribution is -2.00. The Balaban J connectivity index is 3.47. The van der Waals surface area contributed by atoms with Crippen LogP contribution in [0.4, 0.5) is 0 Å². The Labute approximate surface area is 101 Å². The molecule has 1 N–H and O–H groups in total. The van der Waals surface area contributed by atoms with Crippen molar-refractivity contribution in [2.75, 3.05) is 0 Å². The SMILES string of the molecule is CCC(CC)c1ccc(=O)c(O)c(C(C)=O)c1. The summed E-state index contributed by atoms with van der Waals surface area (Å²) in [6.07, 6.45) is 1.87. The van der Waals surface area contributed by atoms with Crippen molar-refractivity contribution in [3.05, 3.63) is 39.5 Å². The molecule has 3 nitrogen and oxygen atoms in total. The molecule has 1 rings (SSSR count). The number of hydrogen-bond donors (Lipinski definition) is 1. The Kier molecular flexibility index (Phi) is 4.44. The second-order valence-electron chi connectivity index (χ2n) is 4.17. The summed E-state index contributed by atoms with van der Waals surface area (Å²) in [5.41, 5.74) is 0.534. The van der Waals surface area contributed by atoms with Crippen LogP contribution in [0.5, 0.6) is 5.75 Å². The zero-order valence-corrected chi connectivity index (χ0v) is 10.5. The van der Waals surface area contributed by atoms with E-state index in [1.165, 1.54) is 13.0 Å². The third-order valence-corrected chi connectivity index (χ3v) is 3.06. The molecule has 3 heteroatoms. The molecule has 1 aromatic carbocycles. The molecule has 0 amide bonds. The standard InChI is InChI=1S/C14H18O3/c1-4-10(5-2)11-6-7-13(16)14(17)12(8-11)9(3)15/h6-8,10H,4-5H2,1-3H3,(H,16,17). The second-order valence-corrected chi connectivity index (χ2v) is 4.17. The minimum Gasteiger partial charge on any atom is -0.504 e. The molecule has 0 bridgehead atoms. The predicted molar refractivity (Wildman–Crippen MR) is 67.7 cm³/mol. The van der Waals surface area contributed by atoms with Crippen LogP contribution < -0.4 is 5.43 Å². The third kappa shape index (κ3) is 2.93. The maximum atomic E-state index is 11.5. The summed E-state index contributed by atoms with van der Waals surface area (Å²) < 4.78 is 0. The Morgan fingerprint density at radius 2 is 1.88 bits per heavy atom. The van der Waals surface area contributed by atoms with Gasteiger partial charge in [-0.3, -0.25) is 9.59 Å². The number of Topliss-reactive ketones (excluding diaryl/α,β-unsaturated/α-hetero) is 1. The molecule has 92 valence electrons. The van der Waals surface area contributed by atoms with Crippen molar-refractivity contribution in [1.29, 1.82) is 0 Å². The highest BCUT2D eigenvalue weighted by atomic mass is 16.3. The Hall–Kier alpha value is -1.64. The smallest absolute Gasteiger partial charge is 0.220 e. The summed E-state index contributed by atoms with van der Waals surface area (Å²) in [6.45, 7) is 5.48. The van der Waals surface area contributed by atoms with Gasteiger partial charge in [0.15, 0.2) is 11.5 Å². The van der Waals surface area contributed by atoms with Crippen molar-refractivity contribution in [1.82, 2.24) is 0 Å². The fraction of sp³-hybridized carbons (Fsp3) is 0.429. The first-order chi connectivity index (χ1) is 8.01. The summed E-state index contributed by atoms with van der Waals surface area (Å²) in [5, 5.41) is 9.65. The fourth-order valence-electron chi connectivity index (χ4n) is 1.95. The Morgan fingerprint density at radius 1 is 1.29 bits per heavy atom. The highest BCUT2D eigenvalue weighted by Gasteiger charge is 2.13. The summed E-state index contributed by atoms with van der Waals surface area (Å²) in [4.78, 5) is 22.9. The van der Waals surface area contributed by atoms with Gasteiger partial charge in [-0.2, -0.15) is 0 Å². The van der Waals surface area contributed by atoms with E-state index in [0.29, 0.717) is 5.92 Å². The lowest BCUT2D eigenvalue weighted by molar-refractivity contribution is 0.101. The van der Waals surface area contributed by atoms with E-state index >= 15 is 0 Å². The lowest BCUT2D eigenvalue weighted by atomic mass is 9.94. The summed E-state index contributed by atoms with van der Waals surface area (Å²) in [5.74, 6) is -0.433. The van der Waals surface area contributed by atoms with Crippen molar-refractivity contribution in [2.45, 2.75) is 39.5 Å². The van der Waals surface area contributed by atoms with Gasteiger partial charge in [-0.05, 0) is 43.4 Å². The third-order valence-electron chi connectivity index (χ3n) is 3.06. The summed E-state index contributed by atoms with van der Waals surface area (Å²) >= 11 is 0. The Bertz CT molecular complexity index is 473. The van der Waals surface area contributed by atoms with Gasteiger partial charge in [0.2, 0.25) is 5.43 Å². The van der Waals surface area contributed by atoms with E-state index in [-0.39, 0.29) is 11.3 Å². The van der Waals surface area contributed by atoms with Gasteiger partial charge in [0.1, 0.15) is 0 Å². The molecule has 0 aliphatic heterocycles. The van der Waals surface area contributed by atoms with Crippen LogP contribution in [0.25, 0.3) is 0 Å². The van der Waals surface area contributed by atoms with Gasteiger partial charge in [-0.1, -0.05) is 19.9 Å². The van der Waals surface area contributed by atoms with Gasteiger partial charge in [-0.15, -0.1) is 0 Å². The van der Waals surface area contributed by atoms with E-state index in [1.54, 1.807) is 12.1 Å². The summed E-state index contributed by atoms with van der Waals surface area (Å²) in [6, 6.07) is 4.66. The average molecular weight is 234 g/mol. The molecule has 0 spiro atoms. The van der Waals surface area contributed by atoms with Crippen LogP contribution >= 0.6 is 0 Å². The van der Waals surface area contributed by atoms with Crippen LogP contribution in [0.15, 0.2) is 23.0 Å². The van der Waals surface area contributed by atoms with Crippen molar-refractivity contribution in [2.24, 2.45) is 0 Å². The maximum absolute atomic E-state index is 11.5. The van der Waals surface area contributed by atoms with Crippen LogP contribution in [-0.2, 0) is 0 Å².